The molecule has 0 aliphatic carbocycles. The fraction of sp³-hybridized carbons (Fsp3) is 0.143. The Hall–Kier alpha value is -3.33. The third-order valence-corrected chi connectivity index (χ3v) is 5.61. The van der Waals surface area contributed by atoms with E-state index in [1.165, 1.54) is 12.1 Å². The summed E-state index contributed by atoms with van der Waals surface area (Å²) >= 11 is 0. The summed E-state index contributed by atoms with van der Waals surface area (Å²) in [5, 5.41) is 1.25. The van der Waals surface area contributed by atoms with Gasteiger partial charge in [-0.1, -0.05) is 54.6 Å². The van der Waals surface area contributed by atoms with Crippen LogP contribution in [0.5, 0.6) is 0 Å². The van der Waals surface area contributed by atoms with Crippen LogP contribution in [0.15, 0.2) is 85.5 Å². The molecule has 0 unspecified atom stereocenters. The molecule has 0 radical (unpaired) electrons. The molecule has 0 N–H and O–H groups in total. The molecule has 0 nitrogen and oxygen atoms in total. The topological polar surface area (TPSA) is 0 Å². The zero-order chi connectivity index (χ0) is 21.8. The molecule has 0 bridgehead atoms. The minimum atomic E-state index is -0.280. The molecule has 31 heavy (non-hydrogen) atoms. The number of rotatable bonds is 7. The molecule has 0 spiro atoms. The van der Waals surface area contributed by atoms with Crippen LogP contribution in [0.2, 0.25) is 0 Å². The maximum Gasteiger partial charge on any atom is 0.134 e. The second-order valence-corrected chi connectivity index (χ2v) is 7.74. The molecule has 4 aromatic carbocycles. The lowest BCUT2D eigenvalue weighted by Gasteiger charge is -2.10. The molecule has 0 aromatic heterocycles. The van der Waals surface area contributed by atoms with Gasteiger partial charge in [0.2, 0.25) is 0 Å². The van der Waals surface area contributed by atoms with Crippen molar-refractivity contribution in [3.63, 3.8) is 0 Å². The molecular formula is C28H23F3. The highest BCUT2D eigenvalue weighted by Crippen LogP contribution is 2.30. The van der Waals surface area contributed by atoms with E-state index in [0.717, 1.165) is 34.9 Å². The summed E-state index contributed by atoms with van der Waals surface area (Å²) in [6.07, 6.45) is 4.53. The van der Waals surface area contributed by atoms with Gasteiger partial charge in [-0.25, -0.2) is 13.2 Å². The predicted molar refractivity (Wildman–Crippen MR) is 122 cm³/mol. The van der Waals surface area contributed by atoms with Crippen molar-refractivity contribution >= 4 is 10.8 Å². The number of aryl methyl sites for hydroxylation is 3. The lowest BCUT2D eigenvalue weighted by atomic mass is 9.96. The van der Waals surface area contributed by atoms with Gasteiger partial charge in [0.25, 0.3) is 0 Å². The van der Waals surface area contributed by atoms with Gasteiger partial charge in [0.1, 0.15) is 17.5 Å². The first kappa shape index (κ1) is 20.9. The molecule has 0 aliphatic rings. The van der Waals surface area contributed by atoms with Gasteiger partial charge < -0.3 is 0 Å². The summed E-state index contributed by atoms with van der Waals surface area (Å²) < 4.78 is 42.8. The average Bonchev–Trinajstić information content (AvgIpc) is 2.78. The molecule has 0 fully saturated rings. The van der Waals surface area contributed by atoms with E-state index >= 15 is 4.39 Å². The molecule has 4 rings (SSSR count). The SMILES string of the molecule is C=CCCc1ccc(-c2ccc3c(F)c(CCc4ccc(F)cc4)ccc3c2)c(F)c1. The smallest absolute Gasteiger partial charge is 0.134 e. The second-order valence-electron chi connectivity index (χ2n) is 7.74. The fourth-order valence-corrected chi connectivity index (χ4v) is 3.84. The van der Waals surface area contributed by atoms with Crippen molar-refractivity contribution in [2.75, 3.05) is 0 Å². The summed E-state index contributed by atoms with van der Waals surface area (Å²) in [4.78, 5) is 0. The van der Waals surface area contributed by atoms with Gasteiger partial charge in [-0.3, -0.25) is 0 Å². The summed E-state index contributed by atoms with van der Waals surface area (Å²) in [6, 6.07) is 20.5. The van der Waals surface area contributed by atoms with Gasteiger partial charge in [-0.05, 0) is 77.6 Å². The molecule has 0 amide bonds. The van der Waals surface area contributed by atoms with E-state index in [4.69, 9.17) is 0 Å². The Morgan fingerprint density at radius 3 is 2.23 bits per heavy atom. The highest BCUT2D eigenvalue weighted by atomic mass is 19.1. The number of halogens is 3. The number of hydrogen-bond acceptors (Lipinski definition) is 0. The molecule has 0 heterocycles. The van der Waals surface area contributed by atoms with E-state index in [1.807, 2.05) is 24.3 Å². The molecular weight excluding hydrogens is 393 g/mol. The van der Waals surface area contributed by atoms with E-state index in [9.17, 15) is 8.78 Å². The number of hydrogen-bond donors (Lipinski definition) is 0. The van der Waals surface area contributed by atoms with Crippen LogP contribution in [0.25, 0.3) is 21.9 Å². The standard InChI is InChI=1S/C28H23F3/c1-2-3-4-20-8-15-25(27(30)17-20)22-12-16-26-23(18-22)11-10-21(28(26)31)9-5-19-6-13-24(29)14-7-19/h2,6-8,10-18H,1,3-5,9H2. The highest BCUT2D eigenvalue weighted by molar-refractivity contribution is 5.88. The molecule has 0 atom stereocenters. The van der Waals surface area contributed by atoms with Gasteiger partial charge >= 0.3 is 0 Å². The summed E-state index contributed by atoms with van der Waals surface area (Å²) in [5.74, 6) is -0.817. The number of allylic oxidation sites excluding steroid dienone is 1. The van der Waals surface area contributed by atoms with Crippen molar-refractivity contribution in [1.82, 2.24) is 0 Å². The van der Waals surface area contributed by atoms with Gasteiger partial charge in [0, 0.05) is 10.9 Å². The molecule has 156 valence electrons. The second kappa shape index (κ2) is 9.22. The minimum absolute atomic E-state index is 0.258. The van der Waals surface area contributed by atoms with Crippen LogP contribution in [0.1, 0.15) is 23.1 Å². The summed E-state index contributed by atoms with van der Waals surface area (Å²) in [5.41, 5.74) is 3.73. The lowest BCUT2D eigenvalue weighted by molar-refractivity contribution is 0.619. The number of benzene rings is 4. The van der Waals surface area contributed by atoms with Crippen LogP contribution in [0.4, 0.5) is 13.2 Å². The maximum absolute atomic E-state index is 15.1. The van der Waals surface area contributed by atoms with Gasteiger partial charge in [-0.2, -0.15) is 0 Å². The lowest BCUT2D eigenvalue weighted by Crippen LogP contribution is -1.96. The maximum atomic E-state index is 15.1. The van der Waals surface area contributed by atoms with E-state index in [2.05, 4.69) is 6.58 Å². The summed E-state index contributed by atoms with van der Waals surface area (Å²) in [7, 11) is 0. The van der Waals surface area contributed by atoms with Crippen LogP contribution in [-0.2, 0) is 19.3 Å². The zero-order valence-electron chi connectivity index (χ0n) is 17.2. The third kappa shape index (κ3) is 4.72. The summed E-state index contributed by atoms with van der Waals surface area (Å²) in [6.45, 7) is 3.70. The molecule has 4 aromatic rings. The van der Waals surface area contributed by atoms with Crippen molar-refractivity contribution < 1.29 is 13.2 Å². The Kier molecular flexibility index (Phi) is 6.22. The molecule has 0 saturated heterocycles. The first-order valence-corrected chi connectivity index (χ1v) is 10.4. The zero-order valence-corrected chi connectivity index (χ0v) is 17.2. The quantitative estimate of drug-likeness (QED) is 0.269. The Morgan fingerprint density at radius 1 is 0.710 bits per heavy atom. The van der Waals surface area contributed by atoms with E-state index < -0.39 is 0 Å². The Morgan fingerprint density at radius 2 is 1.48 bits per heavy atom. The predicted octanol–water partition coefficient (Wildman–Crippen LogP) is 7.83. The molecule has 0 aliphatic heterocycles. The van der Waals surface area contributed by atoms with Crippen molar-refractivity contribution in [3.8, 4) is 11.1 Å². The largest absolute Gasteiger partial charge is 0.207 e. The van der Waals surface area contributed by atoms with Crippen LogP contribution in [-0.4, -0.2) is 0 Å². The van der Waals surface area contributed by atoms with E-state index in [0.29, 0.717) is 29.4 Å². The first-order valence-electron chi connectivity index (χ1n) is 10.4. The van der Waals surface area contributed by atoms with Crippen molar-refractivity contribution in [2.24, 2.45) is 0 Å². The fourth-order valence-electron chi connectivity index (χ4n) is 3.84. The third-order valence-electron chi connectivity index (χ3n) is 5.61. The van der Waals surface area contributed by atoms with Crippen molar-refractivity contribution in [1.29, 1.82) is 0 Å². The molecule has 3 heteroatoms. The monoisotopic (exact) mass is 416 g/mol. The number of fused-ring (bicyclic) bond motifs is 1. The Bertz CT molecular complexity index is 1220. The Balaban J connectivity index is 1.58. The van der Waals surface area contributed by atoms with Gasteiger partial charge in [0.15, 0.2) is 0 Å². The van der Waals surface area contributed by atoms with Crippen LogP contribution in [0, 0.1) is 17.5 Å². The van der Waals surface area contributed by atoms with Crippen LogP contribution >= 0.6 is 0 Å². The average molecular weight is 416 g/mol. The van der Waals surface area contributed by atoms with Crippen LogP contribution in [0.3, 0.4) is 0 Å². The first-order chi connectivity index (χ1) is 15.0. The van der Waals surface area contributed by atoms with E-state index in [-0.39, 0.29) is 17.5 Å². The van der Waals surface area contributed by atoms with Gasteiger partial charge in [0.05, 0.1) is 0 Å². The highest BCUT2D eigenvalue weighted by Gasteiger charge is 2.11. The van der Waals surface area contributed by atoms with E-state index in [1.54, 1.807) is 42.5 Å². The normalized spacial score (nSPS) is 11.1. The van der Waals surface area contributed by atoms with Crippen molar-refractivity contribution in [3.05, 3.63) is 120 Å². The van der Waals surface area contributed by atoms with Crippen LogP contribution < -0.4 is 0 Å². The van der Waals surface area contributed by atoms with Gasteiger partial charge in [-0.15, -0.1) is 6.58 Å². The molecule has 0 saturated carbocycles. The Labute approximate surface area is 180 Å². The van der Waals surface area contributed by atoms with Crippen molar-refractivity contribution in [2.45, 2.75) is 25.7 Å². The minimum Gasteiger partial charge on any atom is -0.207 e.